The minimum Gasteiger partial charge on any atom is -0.497 e. The molecule has 2 heterocycles. The Morgan fingerprint density at radius 1 is 1.12 bits per heavy atom. The molecule has 0 saturated carbocycles. The van der Waals surface area contributed by atoms with E-state index in [2.05, 4.69) is 20.2 Å². The molecule has 1 amide bonds. The Morgan fingerprint density at radius 3 is 2.62 bits per heavy atom. The maximum atomic E-state index is 12.5. The van der Waals surface area contributed by atoms with Crippen LogP contribution in [0.25, 0.3) is 0 Å². The molecule has 1 aliphatic rings. The Hall–Kier alpha value is -2.83. The number of hydrogen-bond donors (Lipinski definition) is 1. The molecule has 2 aromatic rings. The standard InChI is InChI=1S/C17H20N4O3/c1-23-12-5-6-13(15(9-12)24-2)20-17(22)14-10-16(19-11-18-14)21-7-3-4-8-21/h5-6,9-11H,3-4,7-8H2,1-2H3,(H,20,22). The highest BCUT2D eigenvalue weighted by molar-refractivity contribution is 6.04. The first-order valence-electron chi connectivity index (χ1n) is 7.81. The fourth-order valence-corrected chi connectivity index (χ4v) is 2.68. The van der Waals surface area contributed by atoms with Gasteiger partial charge in [-0.2, -0.15) is 0 Å². The number of benzene rings is 1. The minimum absolute atomic E-state index is 0.304. The Morgan fingerprint density at radius 2 is 1.92 bits per heavy atom. The second-order valence-corrected chi connectivity index (χ2v) is 5.48. The van der Waals surface area contributed by atoms with Crippen molar-refractivity contribution < 1.29 is 14.3 Å². The Balaban J connectivity index is 1.78. The van der Waals surface area contributed by atoms with Crippen LogP contribution in [0.4, 0.5) is 11.5 Å². The lowest BCUT2D eigenvalue weighted by molar-refractivity contribution is 0.102. The van der Waals surface area contributed by atoms with Gasteiger partial charge < -0.3 is 19.7 Å². The van der Waals surface area contributed by atoms with Crippen molar-refractivity contribution in [2.45, 2.75) is 12.8 Å². The Bertz CT molecular complexity index is 730. The molecule has 1 aliphatic heterocycles. The van der Waals surface area contributed by atoms with Gasteiger partial charge in [-0.3, -0.25) is 4.79 Å². The van der Waals surface area contributed by atoms with Crippen molar-refractivity contribution >= 4 is 17.4 Å². The van der Waals surface area contributed by atoms with Crippen molar-refractivity contribution in [1.29, 1.82) is 0 Å². The summed E-state index contributed by atoms with van der Waals surface area (Å²) < 4.78 is 10.4. The van der Waals surface area contributed by atoms with E-state index in [1.54, 1.807) is 38.5 Å². The summed E-state index contributed by atoms with van der Waals surface area (Å²) in [5.74, 6) is 1.66. The lowest BCUT2D eigenvalue weighted by atomic mass is 10.2. The number of carbonyl (C=O) groups excluding carboxylic acids is 1. The smallest absolute Gasteiger partial charge is 0.274 e. The molecular formula is C17H20N4O3. The van der Waals surface area contributed by atoms with Crippen molar-refractivity contribution in [3.05, 3.63) is 36.3 Å². The molecule has 1 aromatic heterocycles. The molecule has 126 valence electrons. The lowest BCUT2D eigenvalue weighted by Crippen LogP contribution is -2.21. The van der Waals surface area contributed by atoms with Crippen molar-refractivity contribution in [1.82, 2.24) is 9.97 Å². The number of rotatable bonds is 5. The van der Waals surface area contributed by atoms with E-state index in [1.165, 1.54) is 6.33 Å². The predicted molar refractivity (Wildman–Crippen MR) is 91.0 cm³/mol. The van der Waals surface area contributed by atoms with Crippen molar-refractivity contribution in [2.24, 2.45) is 0 Å². The lowest BCUT2D eigenvalue weighted by Gasteiger charge is -2.16. The monoisotopic (exact) mass is 328 g/mol. The first-order valence-corrected chi connectivity index (χ1v) is 7.81. The van der Waals surface area contributed by atoms with Crippen LogP contribution in [0.5, 0.6) is 11.5 Å². The average Bonchev–Trinajstić information content (AvgIpc) is 3.17. The first-order chi connectivity index (χ1) is 11.7. The summed E-state index contributed by atoms with van der Waals surface area (Å²) in [6.45, 7) is 1.93. The third-order valence-corrected chi connectivity index (χ3v) is 3.97. The SMILES string of the molecule is COc1ccc(NC(=O)c2cc(N3CCCC3)ncn2)c(OC)c1. The van der Waals surface area contributed by atoms with Crippen LogP contribution in [-0.2, 0) is 0 Å². The molecule has 0 aliphatic carbocycles. The van der Waals surface area contributed by atoms with Gasteiger partial charge in [-0.25, -0.2) is 9.97 Å². The normalized spacial score (nSPS) is 13.7. The zero-order valence-corrected chi connectivity index (χ0v) is 13.8. The van der Waals surface area contributed by atoms with Gasteiger partial charge in [0.2, 0.25) is 0 Å². The second kappa shape index (κ2) is 7.16. The van der Waals surface area contributed by atoms with Gasteiger partial charge in [-0.1, -0.05) is 0 Å². The van der Waals surface area contributed by atoms with E-state index in [0.717, 1.165) is 31.7 Å². The molecule has 0 bridgehead atoms. The third kappa shape index (κ3) is 3.40. The molecular weight excluding hydrogens is 308 g/mol. The number of methoxy groups -OCH3 is 2. The number of nitrogens with zero attached hydrogens (tertiary/aromatic N) is 3. The first kappa shape index (κ1) is 16.0. The van der Waals surface area contributed by atoms with Gasteiger partial charge in [0.05, 0.1) is 19.9 Å². The topological polar surface area (TPSA) is 76.6 Å². The van der Waals surface area contributed by atoms with Gasteiger partial charge in [0.25, 0.3) is 5.91 Å². The molecule has 7 heteroatoms. The van der Waals surface area contributed by atoms with Crippen LogP contribution in [-0.4, -0.2) is 43.2 Å². The molecule has 1 N–H and O–H groups in total. The molecule has 0 atom stereocenters. The predicted octanol–water partition coefficient (Wildman–Crippen LogP) is 2.35. The van der Waals surface area contributed by atoms with Crippen LogP contribution >= 0.6 is 0 Å². The fraction of sp³-hybridized carbons (Fsp3) is 0.353. The summed E-state index contributed by atoms with van der Waals surface area (Å²) in [7, 11) is 3.12. The van der Waals surface area contributed by atoms with E-state index < -0.39 is 0 Å². The zero-order valence-electron chi connectivity index (χ0n) is 13.8. The van der Waals surface area contributed by atoms with Gasteiger partial charge in [0.1, 0.15) is 29.3 Å². The van der Waals surface area contributed by atoms with Gasteiger partial charge in [0, 0.05) is 25.2 Å². The van der Waals surface area contributed by atoms with Gasteiger partial charge >= 0.3 is 0 Å². The van der Waals surface area contributed by atoms with Crippen molar-refractivity contribution in [3.63, 3.8) is 0 Å². The number of anilines is 2. The number of amides is 1. The van der Waals surface area contributed by atoms with Crippen LogP contribution in [0.2, 0.25) is 0 Å². The number of nitrogens with one attached hydrogen (secondary N) is 1. The summed E-state index contributed by atoms with van der Waals surface area (Å²) in [5.41, 5.74) is 0.884. The average molecular weight is 328 g/mol. The van der Waals surface area contributed by atoms with E-state index in [-0.39, 0.29) is 5.91 Å². The van der Waals surface area contributed by atoms with Gasteiger partial charge in [0.15, 0.2) is 0 Å². The molecule has 0 unspecified atom stereocenters. The Labute approximate surface area is 140 Å². The van der Waals surface area contributed by atoms with E-state index in [4.69, 9.17) is 9.47 Å². The largest absolute Gasteiger partial charge is 0.497 e. The number of ether oxygens (including phenoxy) is 2. The van der Waals surface area contributed by atoms with Crippen molar-refractivity contribution in [3.8, 4) is 11.5 Å². The number of hydrogen-bond acceptors (Lipinski definition) is 6. The fourth-order valence-electron chi connectivity index (χ4n) is 2.68. The molecule has 1 fully saturated rings. The maximum Gasteiger partial charge on any atom is 0.274 e. The van der Waals surface area contributed by atoms with Crippen LogP contribution in [0, 0.1) is 0 Å². The van der Waals surface area contributed by atoms with Gasteiger partial charge in [-0.15, -0.1) is 0 Å². The van der Waals surface area contributed by atoms with E-state index in [0.29, 0.717) is 22.9 Å². The van der Waals surface area contributed by atoms with E-state index in [1.807, 2.05) is 0 Å². The van der Waals surface area contributed by atoms with Crippen LogP contribution in [0.15, 0.2) is 30.6 Å². The van der Waals surface area contributed by atoms with Gasteiger partial charge in [-0.05, 0) is 25.0 Å². The highest BCUT2D eigenvalue weighted by Gasteiger charge is 2.17. The summed E-state index contributed by atoms with van der Waals surface area (Å²) in [6.07, 6.45) is 3.72. The van der Waals surface area contributed by atoms with Crippen LogP contribution in [0.3, 0.4) is 0 Å². The van der Waals surface area contributed by atoms with Crippen molar-refractivity contribution in [2.75, 3.05) is 37.5 Å². The summed E-state index contributed by atoms with van der Waals surface area (Å²) in [4.78, 5) is 23.0. The number of carbonyl (C=O) groups is 1. The van der Waals surface area contributed by atoms with Crippen LogP contribution < -0.4 is 19.7 Å². The summed E-state index contributed by atoms with van der Waals surface area (Å²) >= 11 is 0. The zero-order chi connectivity index (χ0) is 16.9. The maximum absolute atomic E-state index is 12.5. The third-order valence-electron chi connectivity index (χ3n) is 3.97. The summed E-state index contributed by atoms with van der Waals surface area (Å²) in [6, 6.07) is 6.92. The molecule has 24 heavy (non-hydrogen) atoms. The number of aromatic nitrogens is 2. The van der Waals surface area contributed by atoms with Crippen LogP contribution in [0.1, 0.15) is 23.3 Å². The molecule has 0 spiro atoms. The second-order valence-electron chi connectivity index (χ2n) is 5.48. The molecule has 1 aromatic carbocycles. The van der Waals surface area contributed by atoms with E-state index in [9.17, 15) is 4.79 Å². The highest BCUT2D eigenvalue weighted by atomic mass is 16.5. The quantitative estimate of drug-likeness (QED) is 0.908. The molecule has 7 nitrogen and oxygen atoms in total. The highest BCUT2D eigenvalue weighted by Crippen LogP contribution is 2.29. The Kier molecular flexibility index (Phi) is 4.79. The molecule has 3 rings (SSSR count). The minimum atomic E-state index is -0.304. The summed E-state index contributed by atoms with van der Waals surface area (Å²) in [5, 5.41) is 2.82. The van der Waals surface area contributed by atoms with E-state index >= 15 is 0 Å². The molecule has 1 saturated heterocycles. The molecule has 0 radical (unpaired) electrons.